The summed E-state index contributed by atoms with van der Waals surface area (Å²) >= 11 is 0.922. The molecule has 0 radical (unpaired) electrons. The Balaban J connectivity index is -0.0000000965. The quantitative estimate of drug-likeness (QED) is 0.534. The topological polar surface area (TPSA) is 87.4 Å². The number of carboxylic acids is 1. The van der Waals surface area contributed by atoms with Crippen LogP contribution in [-0.2, 0) is 13.4 Å². The van der Waals surface area contributed by atoms with Crippen molar-refractivity contribution in [3.8, 4) is 0 Å². The van der Waals surface area contributed by atoms with Gasteiger partial charge in [-0.2, -0.15) is 0 Å². The predicted molar refractivity (Wildman–Crippen MR) is 43.9 cm³/mol. The molecule has 0 atom stereocenters. The molecule has 0 aliphatic heterocycles. The van der Waals surface area contributed by atoms with Crippen molar-refractivity contribution in [2.45, 2.75) is 13.8 Å². The molecule has 0 saturated carbocycles. The number of rotatable bonds is 0. The van der Waals surface area contributed by atoms with Crippen LogP contribution in [-0.4, -0.2) is 50.0 Å². The van der Waals surface area contributed by atoms with E-state index in [4.69, 9.17) is 14.0 Å². The SMILES string of the molecule is CC(=O)O.CC(=O)[O][GeH3].[N]#[GeH]. The molecular formula is C4H11Ge2NO4. The molecule has 0 fully saturated rings. The third kappa shape index (κ3) is 193. The van der Waals surface area contributed by atoms with E-state index in [9.17, 15) is 4.79 Å². The van der Waals surface area contributed by atoms with Crippen molar-refractivity contribution in [2.24, 2.45) is 0 Å². The average Bonchev–Trinajstić information content (AvgIpc) is 1.91. The first-order valence-corrected chi connectivity index (χ1v) is 5.30. The van der Waals surface area contributed by atoms with Crippen molar-refractivity contribution in [3.05, 3.63) is 0 Å². The molecule has 0 aromatic rings. The Bertz CT molecular complexity index is 131. The normalized spacial score (nSPS) is 5.82. The predicted octanol–water partition coefficient (Wildman–Crippen LogP) is -1.71. The maximum atomic E-state index is 9.64. The fourth-order valence-electron chi connectivity index (χ4n) is 0. The summed E-state index contributed by atoms with van der Waals surface area (Å²) in [5.74, 6) is -0.995. The summed E-state index contributed by atoms with van der Waals surface area (Å²) < 4.78 is 11.4. The fourth-order valence-corrected chi connectivity index (χ4v) is 0. The molecule has 64 valence electrons. The summed E-state index contributed by atoms with van der Waals surface area (Å²) in [7, 11) is 0. The van der Waals surface area contributed by atoms with E-state index in [2.05, 4.69) is 3.76 Å². The molecule has 0 aliphatic rings. The second kappa shape index (κ2) is 16.4. The van der Waals surface area contributed by atoms with Crippen molar-refractivity contribution in [3.63, 3.8) is 0 Å². The van der Waals surface area contributed by atoms with E-state index >= 15 is 0 Å². The van der Waals surface area contributed by atoms with Gasteiger partial charge in [0, 0.05) is 6.92 Å². The van der Waals surface area contributed by atoms with Gasteiger partial charge in [0.05, 0.1) is 0 Å². The van der Waals surface area contributed by atoms with E-state index in [-0.39, 0.29) is 22.8 Å². The number of carboxylic acid groups (broad SMARTS) is 1. The van der Waals surface area contributed by atoms with Crippen molar-refractivity contribution in [1.82, 2.24) is 0 Å². The molecule has 0 spiro atoms. The van der Waals surface area contributed by atoms with Crippen LogP contribution in [0.25, 0.3) is 0 Å². The summed E-state index contributed by atoms with van der Waals surface area (Å²) in [5.41, 5.74) is 0. The molecule has 0 heterocycles. The molecule has 0 amide bonds. The molecule has 0 bridgehead atoms. The summed E-state index contributed by atoms with van der Waals surface area (Å²) in [6.07, 6.45) is 0. The monoisotopic (exact) mass is 285 g/mol. The van der Waals surface area contributed by atoms with Crippen LogP contribution < -0.4 is 0 Å². The first-order chi connectivity index (χ1) is 5.00. The van der Waals surface area contributed by atoms with Gasteiger partial charge in [-0.15, -0.1) is 0 Å². The fraction of sp³-hybridized carbons (Fsp3) is 0.500. The first-order valence-electron chi connectivity index (χ1n) is 2.50. The molecule has 5 nitrogen and oxygen atoms in total. The summed E-state index contributed by atoms with van der Waals surface area (Å²) in [5, 5.41) is 7.42. The van der Waals surface area contributed by atoms with Gasteiger partial charge in [0.2, 0.25) is 0 Å². The third-order valence-electron chi connectivity index (χ3n) is 0.287. The van der Waals surface area contributed by atoms with E-state index in [1.807, 2.05) is 0 Å². The summed E-state index contributed by atoms with van der Waals surface area (Å²) in [6, 6.07) is 0. The van der Waals surface area contributed by atoms with Gasteiger partial charge in [0.25, 0.3) is 5.97 Å². The van der Waals surface area contributed by atoms with E-state index < -0.39 is 5.97 Å². The summed E-state index contributed by atoms with van der Waals surface area (Å²) in [4.78, 5) is 18.6. The van der Waals surface area contributed by atoms with E-state index in [1.54, 1.807) is 0 Å². The number of aliphatic carboxylic acids is 1. The zero-order valence-electron chi connectivity index (χ0n) is 6.70. The van der Waals surface area contributed by atoms with Crippen LogP contribution in [0.15, 0.2) is 0 Å². The standard InChI is InChI=1S/C2H6GeO2.C2H4O2.GeHN/c1-2(4)5-3;1-2(3)4;1-2/h1,3H3;1H3,(H,3,4);1H. The second-order valence-electron chi connectivity index (χ2n) is 1.21. The van der Waals surface area contributed by atoms with Gasteiger partial charge in [0.15, 0.2) is 0 Å². The van der Waals surface area contributed by atoms with Crippen LogP contribution >= 0.6 is 0 Å². The van der Waals surface area contributed by atoms with E-state index in [1.165, 1.54) is 6.92 Å². The minimum absolute atomic E-state index is 0.162. The van der Waals surface area contributed by atoms with Gasteiger partial charge in [-0.25, -0.2) is 0 Å². The Morgan fingerprint density at radius 2 is 1.55 bits per heavy atom. The van der Waals surface area contributed by atoms with Crippen molar-refractivity contribution in [1.29, 1.82) is 4.14 Å². The van der Waals surface area contributed by atoms with Crippen LogP contribution in [0.2, 0.25) is 0 Å². The van der Waals surface area contributed by atoms with Gasteiger partial charge >= 0.3 is 58.6 Å². The Morgan fingerprint density at radius 3 is 1.55 bits per heavy atom. The molecule has 0 aromatic heterocycles. The molecule has 7 heteroatoms. The second-order valence-corrected chi connectivity index (χ2v) is 2.07. The van der Waals surface area contributed by atoms with E-state index in [0.717, 1.165) is 6.92 Å². The molecule has 1 N–H and O–H groups in total. The van der Waals surface area contributed by atoms with Gasteiger partial charge < -0.3 is 5.11 Å². The maximum absolute atomic E-state index is 9.64. The molecule has 0 unspecified atom stereocenters. The molecular weight excluding hydrogens is 271 g/mol. The average molecular weight is 282 g/mol. The molecule has 0 aliphatic carbocycles. The number of carbonyl (C=O) groups is 2. The number of hydrogen-bond donors (Lipinski definition) is 1. The van der Waals surface area contributed by atoms with Crippen molar-refractivity contribution < 1.29 is 18.5 Å². The zero-order valence-corrected chi connectivity index (χ0v) is 13.3. The van der Waals surface area contributed by atoms with Gasteiger partial charge in [-0.3, -0.25) is 4.79 Å². The van der Waals surface area contributed by atoms with E-state index in [0.29, 0.717) is 16.1 Å². The third-order valence-corrected chi connectivity index (χ3v) is 1.49. The number of carbonyl (C=O) groups excluding carboxylic acids is 1. The van der Waals surface area contributed by atoms with Crippen LogP contribution in [0.1, 0.15) is 13.8 Å². The molecule has 0 saturated heterocycles. The Labute approximate surface area is 81.5 Å². The zero-order chi connectivity index (χ0) is 9.86. The molecule has 11 heavy (non-hydrogen) atoms. The minimum atomic E-state index is -0.833. The Hall–Kier alpha value is -0.264. The molecule has 0 rings (SSSR count). The van der Waals surface area contributed by atoms with Crippen molar-refractivity contribution >= 4 is 44.9 Å². The number of nitrogens with zero attached hydrogens (tertiary/aromatic N) is 1. The van der Waals surface area contributed by atoms with Gasteiger partial charge in [-0.05, 0) is 0 Å². The first kappa shape index (κ1) is 17.0. The van der Waals surface area contributed by atoms with Crippen LogP contribution in [0.3, 0.4) is 0 Å². The Morgan fingerprint density at radius 1 is 1.45 bits per heavy atom. The Kier molecular flexibility index (Phi) is 25.3. The van der Waals surface area contributed by atoms with Crippen LogP contribution in [0, 0.1) is 4.14 Å². The van der Waals surface area contributed by atoms with Gasteiger partial charge in [-0.1, -0.05) is 0 Å². The van der Waals surface area contributed by atoms with Gasteiger partial charge in [0.1, 0.15) is 0 Å². The summed E-state index contributed by atoms with van der Waals surface area (Å²) in [6.45, 7) is 2.49. The van der Waals surface area contributed by atoms with Crippen LogP contribution in [0.4, 0.5) is 0 Å². The van der Waals surface area contributed by atoms with Crippen molar-refractivity contribution in [2.75, 3.05) is 0 Å². The number of hydrogen-bond acceptors (Lipinski definition) is 4. The molecule has 0 aromatic carbocycles. The van der Waals surface area contributed by atoms with Crippen LogP contribution in [0.5, 0.6) is 0 Å².